The van der Waals surface area contributed by atoms with Crippen LogP contribution in [0.3, 0.4) is 0 Å². The number of carbonyl (C=O) groups is 1. The minimum atomic E-state index is -0.119. The molecule has 0 saturated heterocycles. The molecule has 0 aliphatic carbocycles. The molecular weight excluding hydrogens is 368 g/mol. The molecule has 3 heterocycles. The maximum atomic E-state index is 12.9. The molecular formula is C22H20N4O3. The van der Waals surface area contributed by atoms with Crippen LogP contribution in [-0.2, 0) is 13.0 Å². The van der Waals surface area contributed by atoms with Gasteiger partial charge >= 0.3 is 0 Å². The number of fused-ring (bicyclic) bond motifs is 2. The zero-order chi connectivity index (χ0) is 19.6. The Morgan fingerprint density at radius 1 is 1.07 bits per heavy atom. The van der Waals surface area contributed by atoms with E-state index >= 15 is 0 Å². The molecule has 0 spiro atoms. The van der Waals surface area contributed by atoms with Crippen molar-refractivity contribution in [3.05, 3.63) is 71.7 Å². The van der Waals surface area contributed by atoms with Crippen molar-refractivity contribution in [2.75, 3.05) is 23.6 Å². The second-order valence-electron chi connectivity index (χ2n) is 7.02. The predicted molar refractivity (Wildman–Crippen MR) is 108 cm³/mol. The Kier molecular flexibility index (Phi) is 4.48. The topological polar surface area (TPSA) is 76.6 Å². The number of carbonyl (C=O) groups excluding carboxylic acids is 1. The number of nitrogens with one attached hydrogen (secondary N) is 1. The summed E-state index contributed by atoms with van der Waals surface area (Å²) in [6.07, 6.45) is 5.07. The maximum absolute atomic E-state index is 12.9. The van der Waals surface area contributed by atoms with Crippen LogP contribution >= 0.6 is 0 Å². The highest BCUT2D eigenvalue weighted by Gasteiger charge is 2.24. The summed E-state index contributed by atoms with van der Waals surface area (Å²) in [5.41, 5.74) is 3.55. The van der Waals surface area contributed by atoms with E-state index in [1.54, 1.807) is 11.1 Å². The molecule has 0 radical (unpaired) electrons. The Balaban J connectivity index is 1.26. The van der Waals surface area contributed by atoms with Crippen molar-refractivity contribution in [2.45, 2.75) is 19.4 Å². The molecule has 0 bridgehead atoms. The summed E-state index contributed by atoms with van der Waals surface area (Å²) < 4.78 is 10.7. The third-order valence-corrected chi connectivity index (χ3v) is 5.14. The van der Waals surface area contributed by atoms with Gasteiger partial charge < -0.3 is 19.7 Å². The number of ether oxygens (including phenoxy) is 2. The molecule has 29 heavy (non-hydrogen) atoms. The van der Waals surface area contributed by atoms with Crippen LogP contribution in [0.4, 0.5) is 11.5 Å². The van der Waals surface area contributed by atoms with Gasteiger partial charge in [-0.3, -0.25) is 4.79 Å². The van der Waals surface area contributed by atoms with Crippen LogP contribution in [0.25, 0.3) is 0 Å². The Morgan fingerprint density at radius 2 is 1.97 bits per heavy atom. The van der Waals surface area contributed by atoms with Crippen LogP contribution in [-0.4, -0.2) is 29.2 Å². The lowest BCUT2D eigenvalue weighted by Gasteiger charge is -2.29. The van der Waals surface area contributed by atoms with E-state index < -0.39 is 0 Å². The molecule has 2 aliphatic rings. The largest absolute Gasteiger partial charge is 0.454 e. The number of rotatable bonds is 4. The number of hydrogen-bond acceptors (Lipinski definition) is 6. The smallest absolute Gasteiger partial charge is 0.278 e. The fourth-order valence-electron chi connectivity index (χ4n) is 3.66. The van der Waals surface area contributed by atoms with E-state index in [2.05, 4.69) is 21.4 Å². The first kappa shape index (κ1) is 17.5. The van der Waals surface area contributed by atoms with Gasteiger partial charge in [0.15, 0.2) is 11.5 Å². The molecule has 5 rings (SSSR count). The SMILES string of the molecule is O=C(c1cnc(NCc2ccc3c(c2)OCO3)cn1)N1CCCc2ccccc21. The van der Waals surface area contributed by atoms with Gasteiger partial charge in [0.25, 0.3) is 5.91 Å². The molecule has 2 aliphatic heterocycles. The van der Waals surface area contributed by atoms with E-state index in [0.717, 1.165) is 35.6 Å². The van der Waals surface area contributed by atoms with Gasteiger partial charge in [0.1, 0.15) is 11.5 Å². The molecule has 0 atom stereocenters. The fourth-order valence-corrected chi connectivity index (χ4v) is 3.66. The first-order valence-corrected chi connectivity index (χ1v) is 9.62. The van der Waals surface area contributed by atoms with E-state index in [0.29, 0.717) is 24.6 Å². The van der Waals surface area contributed by atoms with Crippen LogP contribution in [0, 0.1) is 0 Å². The number of amides is 1. The Labute approximate surface area is 168 Å². The lowest BCUT2D eigenvalue weighted by atomic mass is 10.0. The molecule has 1 aromatic heterocycles. The highest BCUT2D eigenvalue weighted by Crippen LogP contribution is 2.32. The van der Waals surface area contributed by atoms with Crippen LogP contribution in [0.5, 0.6) is 11.5 Å². The number of hydrogen-bond donors (Lipinski definition) is 1. The average Bonchev–Trinajstić information content (AvgIpc) is 3.25. The standard InChI is InChI=1S/C22H20N4O3/c27-22(26-9-3-5-16-4-1-2-6-18(16)26)17-12-25-21(13-23-17)24-11-15-7-8-19-20(10-15)29-14-28-19/h1-2,4,6-8,10,12-13H,3,5,9,11,14H2,(H,24,25). The van der Waals surface area contributed by atoms with Crippen molar-refractivity contribution in [3.63, 3.8) is 0 Å². The summed E-state index contributed by atoms with van der Waals surface area (Å²) in [4.78, 5) is 23.4. The van der Waals surface area contributed by atoms with Crippen LogP contribution in [0.2, 0.25) is 0 Å². The molecule has 1 amide bonds. The molecule has 1 N–H and O–H groups in total. The lowest BCUT2D eigenvalue weighted by molar-refractivity contribution is 0.0980. The predicted octanol–water partition coefficient (Wildman–Crippen LogP) is 3.41. The normalized spacial score (nSPS) is 14.4. The van der Waals surface area contributed by atoms with Gasteiger partial charge in [-0.1, -0.05) is 24.3 Å². The molecule has 2 aromatic carbocycles. The average molecular weight is 388 g/mol. The van der Waals surface area contributed by atoms with Crippen LogP contribution in [0.15, 0.2) is 54.9 Å². The van der Waals surface area contributed by atoms with E-state index in [1.165, 1.54) is 11.8 Å². The number of nitrogens with zero attached hydrogens (tertiary/aromatic N) is 3. The summed E-state index contributed by atoms with van der Waals surface area (Å²) in [7, 11) is 0. The van der Waals surface area contributed by atoms with Crippen molar-refractivity contribution >= 4 is 17.4 Å². The van der Waals surface area contributed by atoms with Gasteiger partial charge in [0.05, 0.1) is 12.4 Å². The summed E-state index contributed by atoms with van der Waals surface area (Å²) in [6, 6.07) is 13.8. The van der Waals surface area contributed by atoms with E-state index in [9.17, 15) is 4.79 Å². The molecule has 0 saturated carbocycles. The summed E-state index contributed by atoms with van der Waals surface area (Å²) in [5.74, 6) is 2.00. The van der Waals surface area contributed by atoms with Crippen molar-refractivity contribution in [3.8, 4) is 11.5 Å². The number of para-hydroxylation sites is 1. The Hall–Kier alpha value is -3.61. The monoisotopic (exact) mass is 388 g/mol. The van der Waals surface area contributed by atoms with Gasteiger partial charge in [0, 0.05) is 18.8 Å². The summed E-state index contributed by atoms with van der Waals surface area (Å²) >= 11 is 0. The highest BCUT2D eigenvalue weighted by molar-refractivity contribution is 6.05. The second-order valence-corrected chi connectivity index (χ2v) is 7.02. The highest BCUT2D eigenvalue weighted by atomic mass is 16.7. The quantitative estimate of drug-likeness (QED) is 0.738. The number of benzene rings is 2. The summed E-state index contributed by atoms with van der Waals surface area (Å²) in [6.45, 7) is 1.52. The van der Waals surface area contributed by atoms with Gasteiger partial charge in [-0.25, -0.2) is 9.97 Å². The van der Waals surface area contributed by atoms with Crippen molar-refractivity contribution in [2.24, 2.45) is 0 Å². The first-order chi connectivity index (χ1) is 14.3. The molecule has 0 fully saturated rings. The number of aromatic nitrogens is 2. The molecule has 7 nitrogen and oxygen atoms in total. The second kappa shape index (κ2) is 7.43. The van der Waals surface area contributed by atoms with Gasteiger partial charge in [-0.2, -0.15) is 0 Å². The third kappa shape index (κ3) is 3.47. The van der Waals surface area contributed by atoms with Crippen molar-refractivity contribution in [1.82, 2.24) is 9.97 Å². The summed E-state index contributed by atoms with van der Waals surface area (Å²) in [5, 5.41) is 3.22. The Morgan fingerprint density at radius 3 is 2.86 bits per heavy atom. The molecule has 3 aromatic rings. The number of anilines is 2. The zero-order valence-corrected chi connectivity index (χ0v) is 15.8. The first-order valence-electron chi connectivity index (χ1n) is 9.62. The lowest BCUT2D eigenvalue weighted by Crippen LogP contribution is -2.36. The third-order valence-electron chi connectivity index (χ3n) is 5.14. The van der Waals surface area contributed by atoms with Gasteiger partial charge in [-0.15, -0.1) is 0 Å². The van der Waals surface area contributed by atoms with Gasteiger partial charge in [0.2, 0.25) is 6.79 Å². The minimum absolute atomic E-state index is 0.119. The van der Waals surface area contributed by atoms with E-state index in [1.807, 2.05) is 36.4 Å². The van der Waals surface area contributed by atoms with Crippen LogP contribution < -0.4 is 19.7 Å². The fraction of sp³-hybridized carbons (Fsp3) is 0.227. The Bertz CT molecular complexity index is 1050. The zero-order valence-electron chi connectivity index (χ0n) is 15.8. The van der Waals surface area contributed by atoms with Crippen molar-refractivity contribution < 1.29 is 14.3 Å². The van der Waals surface area contributed by atoms with Crippen LogP contribution in [0.1, 0.15) is 28.0 Å². The van der Waals surface area contributed by atoms with Gasteiger partial charge in [-0.05, 0) is 42.2 Å². The van der Waals surface area contributed by atoms with E-state index in [-0.39, 0.29) is 12.7 Å². The molecule has 7 heteroatoms. The maximum Gasteiger partial charge on any atom is 0.278 e. The number of aryl methyl sites for hydroxylation is 1. The molecule has 146 valence electrons. The van der Waals surface area contributed by atoms with E-state index in [4.69, 9.17) is 9.47 Å². The van der Waals surface area contributed by atoms with Crippen molar-refractivity contribution in [1.29, 1.82) is 0 Å². The minimum Gasteiger partial charge on any atom is -0.454 e. The molecule has 0 unspecified atom stereocenters.